The van der Waals surface area contributed by atoms with Crippen molar-refractivity contribution >= 4 is 11.9 Å². The van der Waals surface area contributed by atoms with Gasteiger partial charge in [-0.05, 0) is 6.92 Å². The molecule has 0 aliphatic carbocycles. The number of carbonyl (C=O) groups is 2. The van der Waals surface area contributed by atoms with Crippen LogP contribution in [0.4, 0.5) is 0 Å². The summed E-state index contributed by atoms with van der Waals surface area (Å²) >= 11 is 0. The van der Waals surface area contributed by atoms with Gasteiger partial charge in [0.05, 0.1) is 19.6 Å². The second kappa shape index (κ2) is 6.60. The van der Waals surface area contributed by atoms with E-state index in [4.69, 9.17) is 5.73 Å². The van der Waals surface area contributed by atoms with Crippen LogP contribution in [-0.2, 0) is 19.1 Å². The Labute approximate surface area is 70.8 Å². The molecule has 0 bridgehead atoms. The zero-order valence-corrected chi connectivity index (χ0v) is 7.04. The van der Waals surface area contributed by atoms with Crippen LogP contribution in [-0.4, -0.2) is 31.7 Å². The lowest BCUT2D eigenvalue weighted by atomic mass is 10.5. The summed E-state index contributed by atoms with van der Waals surface area (Å²) in [5, 5.41) is 0. The molecule has 0 saturated heterocycles. The topological polar surface area (TPSA) is 78.6 Å². The minimum Gasteiger partial charge on any atom is -0.466 e. The SMILES string of the molecule is CCOC(=O)CCOC(=O)CN. The van der Waals surface area contributed by atoms with Gasteiger partial charge in [0, 0.05) is 0 Å². The van der Waals surface area contributed by atoms with Crippen LogP contribution in [0.2, 0.25) is 0 Å². The van der Waals surface area contributed by atoms with Crippen molar-refractivity contribution in [2.45, 2.75) is 13.3 Å². The number of nitrogens with two attached hydrogens (primary N) is 1. The highest BCUT2D eigenvalue weighted by atomic mass is 16.5. The monoisotopic (exact) mass is 175 g/mol. The van der Waals surface area contributed by atoms with Crippen LogP contribution in [0.25, 0.3) is 0 Å². The third-order valence-corrected chi connectivity index (χ3v) is 1.04. The Morgan fingerprint density at radius 2 is 1.92 bits per heavy atom. The Kier molecular flexibility index (Phi) is 6.00. The lowest BCUT2D eigenvalue weighted by Gasteiger charge is -2.02. The molecule has 0 heterocycles. The Morgan fingerprint density at radius 3 is 2.42 bits per heavy atom. The molecular weight excluding hydrogens is 162 g/mol. The number of ether oxygens (including phenoxy) is 2. The van der Waals surface area contributed by atoms with Crippen LogP contribution < -0.4 is 5.73 Å². The van der Waals surface area contributed by atoms with Crippen molar-refractivity contribution in [3.63, 3.8) is 0 Å². The molecule has 0 spiro atoms. The van der Waals surface area contributed by atoms with Crippen molar-refractivity contribution in [3.8, 4) is 0 Å². The van der Waals surface area contributed by atoms with E-state index in [0.717, 1.165) is 0 Å². The highest BCUT2D eigenvalue weighted by Crippen LogP contribution is 1.87. The van der Waals surface area contributed by atoms with Crippen LogP contribution in [0.15, 0.2) is 0 Å². The van der Waals surface area contributed by atoms with Crippen molar-refractivity contribution in [3.05, 3.63) is 0 Å². The summed E-state index contributed by atoms with van der Waals surface area (Å²) in [6.07, 6.45) is 0.0829. The number of hydrogen-bond acceptors (Lipinski definition) is 5. The zero-order chi connectivity index (χ0) is 9.40. The molecule has 0 saturated carbocycles. The molecule has 0 unspecified atom stereocenters. The lowest BCUT2D eigenvalue weighted by Crippen LogP contribution is -2.18. The maximum absolute atomic E-state index is 10.7. The third-order valence-electron chi connectivity index (χ3n) is 1.04. The predicted octanol–water partition coefficient (Wildman–Crippen LogP) is -0.558. The first-order chi connectivity index (χ1) is 5.70. The van der Waals surface area contributed by atoms with Gasteiger partial charge < -0.3 is 15.2 Å². The van der Waals surface area contributed by atoms with Crippen LogP contribution >= 0.6 is 0 Å². The quantitative estimate of drug-likeness (QED) is 0.567. The van der Waals surface area contributed by atoms with Gasteiger partial charge in [0.25, 0.3) is 0 Å². The van der Waals surface area contributed by atoms with Crippen LogP contribution in [0, 0.1) is 0 Å². The van der Waals surface area contributed by atoms with Gasteiger partial charge >= 0.3 is 11.9 Å². The second-order valence-electron chi connectivity index (χ2n) is 1.98. The van der Waals surface area contributed by atoms with Crippen LogP contribution in [0.3, 0.4) is 0 Å². The van der Waals surface area contributed by atoms with E-state index >= 15 is 0 Å². The second-order valence-corrected chi connectivity index (χ2v) is 1.98. The van der Waals surface area contributed by atoms with E-state index in [-0.39, 0.29) is 25.5 Å². The molecule has 2 N–H and O–H groups in total. The molecule has 0 radical (unpaired) electrons. The fourth-order valence-electron chi connectivity index (χ4n) is 0.540. The van der Waals surface area contributed by atoms with E-state index in [0.29, 0.717) is 6.61 Å². The van der Waals surface area contributed by atoms with Gasteiger partial charge in [-0.1, -0.05) is 0 Å². The van der Waals surface area contributed by atoms with E-state index in [1.54, 1.807) is 6.92 Å². The molecule has 12 heavy (non-hydrogen) atoms. The van der Waals surface area contributed by atoms with E-state index in [9.17, 15) is 9.59 Å². The Hall–Kier alpha value is -1.10. The highest BCUT2D eigenvalue weighted by Gasteiger charge is 2.03. The standard InChI is InChI=1S/C7H13NO4/c1-2-11-6(9)3-4-12-7(10)5-8/h2-5,8H2,1H3. The molecule has 0 aliphatic rings. The normalized spacial score (nSPS) is 9.17. The minimum absolute atomic E-state index is 0.0366. The summed E-state index contributed by atoms with van der Waals surface area (Å²) < 4.78 is 9.14. The third kappa shape index (κ3) is 5.67. The van der Waals surface area contributed by atoms with Crippen molar-refractivity contribution in [2.24, 2.45) is 5.73 Å². The van der Waals surface area contributed by atoms with Crippen molar-refractivity contribution in [1.29, 1.82) is 0 Å². The van der Waals surface area contributed by atoms with Crippen molar-refractivity contribution in [2.75, 3.05) is 19.8 Å². The maximum Gasteiger partial charge on any atom is 0.319 e. The Bertz CT molecular complexity index is 157. The van der Waals surface area contributed by atoms with Crippen molar-refractivity contribution in [1.82, 2.24) is 0 Å². The van der Waals surface area contributed by atoms with Gasteiger partial charge in [-0.3, -0.25) is 9.59 Å². The molecule has 0 fully saturated rings. The van der Waals surface area contributed by atoms with Gasteiger partial charge in [0.1, 0.15) is 6.61 Å². The molecule has 5 heteroatoms. The summed E-state index contributed by atoms with van der Waals surface area (Å²) in [4.78, 5) is 21.1. The largest absolute Gasteiger partial charge is 0.466 e. The Morgan fingerprint density at radius 1 is 1.25 bits per heavy atom. The molecule has 0 aromatic rings. The first kappa shape index (κ1) is 10.9. The summed E-state index contributed by atoms with van der Waals surface area (Å²) in [5.74, 6) is -0.887. The molecule has 0 aliphatic heterocycles. The number of esters is 2. The average Bonchev–Trinajstić information content (AvgIpc) is 2.04. The molecule has 0 amide bonds. The van der Waals surface area contributed by atoms with E-state index in [2.05, 4.69) is 9.47 Å². The van der Waals surface area contributed by atoms with Gasteiger partial charge in [-0.2, -0.15) is 0 Å². The molecule has 0 aromatic heterocycles. The first-order valence-corrected chi connectivity index (χ1v) is 3.72. The van der Waals surface area contributed by atoms with E-state index in [1.165, 1.54) is 0 Å². The summed E-state index contributed by atoms with van der Waals surface area (Å²) in [7, 11) is 0. The fourth-order valence-corrected chi connectivity index (χ4v) is 0.540. The average molecular weight is 175 g/mol. The lowest BCUT2D eigenvalue weighted by molar-refractivity contribution is -0.148. The maximum atomic E-state index is 10.7. The van der Waals surface area contributed by atoms with Crippen LogP contribution in [0.1, 0.15) is 13.3 Å². The summed E-state index contributed by atoms with van der Waals surface area (Å²) in [5.41, 5.74) is 4.96. The summed E-state index contributed by atoms with van der Waals surface area (Å²) in [6, 6.07) is 0. The summed E-state index contributed by atoms with van der Waals surface area (Å²) in [6.45, 7) is 1.92. The minimum atomic E-state index is -0.515. The predicted molar refractivity (Wildman–Crippen MR) is 41.3 cm³/mol. The fraction of sp³-hybridized carbons (Fsp3) is 0.714. The number of rotatable bonds is 5. The van der Waals surface area contributed by atoms with Crippen LogP contribution in [0.5, 0.6) is 0 Å². The van der Waals surface area contributed by atoms with E-state index < -0.39 is 5.97 Å². The molecule has 0 atom stereocenters. The van der Waals surface area contributed by atoms with E-state index in [1.807, 2.05) is 0 Å². The Balaban J connectivity index is 3.30. The van der Waals surface area contributed by atoms with Gasteiger partial charge in [0.2, 0.25) is 0 Å². The first-order valence-electron chi connectivity index (χ1n) is 3.72. The molecule has 5 nitrogen and oxygen atoms in total. The molecule has 0 aromatic carbocycles. The molecular formula is C7H13NO4. The smallest absolute Gasteiger partial charge is 0.319 e. The highest BCUT2D eigenvalue weighted by molar-refractivity contribution is 5.72. The molecule has 70 valence electrons. The number of hydrogen-bond donors (Lipinski definition) is 1. The number of carbonyl (C=O) groups excluding carboxylic acids is 2. The zero-order valence-electron chi connectivity index (χ0n) is 7.04. The van der Waals surface area contributed by atoms with Gasteiger partial charge in [0.15, 0.2) is 0 Å². The van der Waals surface area contributed by atoms with Gasteiger partial charge in [-0.15, -0.1) is 0 Å². The van der Waals surface area contributed by atoms with Gasteiger partial charge in [-0.25, -0.2) is 0 Å². The van der Waals surface area contributed by atoms with Crippen molar-refractivity contribution < 1.29 is 19.1 Å². The molecule has 0 rings (SSSR count).